The Labute approximate surface area is 108 Å². The molecular formula is C15H17N3. The Hall–Kier alpha value is -1.66. The van der Waals surface area contributed by atoms with Gasteiger partial charge in [-0.25, -0.2) is 0 Å². The highest BCUT2D eigenvalue weighted by molar-refractivity contribution is 5.67. The molecule has 0 spiro atoms. The topological polar surface area (TPSA) is 48.7 Å². The molecule has 2 heterocycles. The summed E-state index contributed by atoms with van der Waals surface area (Å²) in [6, 6.07) is 4.11. The fraction of sp³-hybridized carbons (Fsp3) is 0.467. The van der Waals surface area contributed by atoms with Gasteiger partial charge in [0.1, 0.15) is 6.07 Å². The average molecular weight is 239 g/mol. The lowest BCUT2D eigenvalue weighted by Crippen LogP contribution is -2.37. The van der Waals surface area contributed by atoms with Crippen molar-refractivity contribution in [2.45, 2.75) is 19.3 Å². The van der Waals surface area contributed by atoms with Crippen LogP contribution in [0.3, 0.4) is 0 Å². The molecule has 1 aromatic heterocycles. The molecule has 1 aliphatic heterocycles. The molecule has 0 aromatic carbocycles. The fourth-order valence-electron chi connectivity index (χ4n) is 3.09. The summed E-state index contributed by atoms with van der Waals surface area (Å²) in [4.78, 5) is 4.16. The first-order valence-electron chi connectivity index (χ1n) is 6.64. The van der Waals surface area contributed by atoms with Crippen molar-refractivity contribution in [2.24, 2.45) is 11.8 Å². The molecule has 2 aliphatic rings. The van der Waals surface area contributed by atoms with Crippen molar-refractivity contribution in [2.75, 3.05) is 13.1 Å². The van der Waals surface area contributed by atoms with Crippen LogP contribution in [0.15, 0.2) is 24.5 Å². The highest BCUT2D eigenvalue weighted by Crippen LogP contribution is 2.36. The summed E-state index contributed by atoms with van der Waals surface area (Å²) in [7, 11) is 0. The van der Waals surface area contributed by atoms with Gasteiger partial charge in [-0.3, -0.25) is 4.98 Å². The summed E-state index contributed by atoms with van der Waals surface area (Å²) in [6.45, 7) is 2.26. The molecular weight excluding hydrogens is 222 g/mol. The van der Waals surface area contributed by atoms with Gasteiger partial charge in [0.25, 0.3) is 0 Å². The highest BCUT2D eigenvalue weighted by atomic mass is 14.9. The Morgan fingerprint density at radius 2 is 2.28 bits per heavy atom. The third kappa shape index (κ3) is 2.16. The van der Waals surface area contributed by atoms with E-state index in [2.05, 4.69) is 22.4 Å². The molecule has 3 heteroatoms. The van der Waals surface area contributed by atoms with Crippen LogP contribution in [0.4, 0.5) is 0 Å². The van der Waals surface area contributed by atoms with E-state index in [9.17, 15) is 0 Å². The minimum absolute atomic E-state index is 0.650. The van der Waals surface area contributed by atoms with E-state index in [0.717, 1.165) is 31.0 Å². The van der Waals surface area contributed by atoms with Crippen LogP contribution < -0.4 is 5.32 Å². The summed E-state index contributed by atoms with van der Waals surface area (Å²) < 4.78 is 0. The van der Waals surface area contributed by atoms with Crippen LogP contribution in [0.25, 0.3) is 5.57 Å². The summed E-state index contributed by atoms with van der Waals surface area (Å²) in [5.74, 6) is 1.51. The zero-order chi connectivity index (χ0) is 12.4. The van der Waals surface area contributed by atoms with Crippen molar-refractivity contribution in [3.05, 3.63) is 35.7 Å². The number of rotatable bonds is 1. The second-order valence-electron chi connectivity index (χ2n) is 5.22. The van der Waals surface area contributed by atoms with Crippen LogP contribution in [0.2, 0.25) is 0 Å². The molecule has 2 unspecified atom stereocenters. The van der Waals surface area contributed by atoms with Crippen molar-refractivity contribution >= 4 is 5.57 Å². The zero-order valence-electron chi connectivity index (χ0n) is 10.4. The van der Waals surface area contributed by atoms with E-state index < -0.39 is 0 Å². The maximum absolute atomic E-state index is 8.93. The van der Waals surface area contributed by atoms with Crippen LogP contribution in [-0.4, -0.2) is 18.1 Å². The maximum Gasteiger partial charge on any atom is 0.101 e. The number of allylic oxidation sites excluding steroid dienone is 1. The normalized spacial score (nSPS) is 26.9. The summed E-state index contributed by atoms with van der Waals surface area (Å²) in [5.41, 5.74) is 3.14. The first kappa shape index (κ1) is 11.4. The van der Waals surface area contributed by atoms with Gasteiger partial charge in [0.2, 0.25) is 0 Å². The van der Waals surface area contributed by atoms with E-state index in [-0.39, 0.29) is 0 Å². The Balaban J connectivity index is 1.88. The third-order valence-electron chi connectivity index (χ3n) is 4.12. The van der Waals surface area contributed by atoms with Gasteiger partial charge in [-0.1, -0.05) is 6.08 Å². The molecule has 2 atom stereocenters. The van der Waals surface area contributed by atoms with Gasteiger partial charge in [-0.05, 0) is 54.8 Å². The van der Waals surface area contributed by atoms with E-state index in [4.69, 9.17) is 5.26 Å². The van der Waals surface area contributed by atoms with Crippen molar-refractivity contribution in [3.63, 3.8) is 0 Å². The number of nitriles is 1. The largest absolute Gasteiger partial charge is 0.316 e. The number of aromatic nitrogens is 1. The summed E-state index contributed by atoms with van der Waals surface area (Å²) >= 11 is 0. The first-order valence-corrected chi connectivity index (χ1v) is 6.64. The Bertz CT molecular complexity index is 513. The lowest BCUT2D eigenvalue weighted by Gasteiger charge is -2.34. The van der Waals surface area contributed by atoms with Crippen LogP contribution >= 0.6 is 0 Å². The average Bonchev–Trinajstić information content (AvgIpc) is 2.47. The highest BCUT2D eigenvalue weighted by Gasteiger charge is 2.27. The molecule has 1 fully saturated rings. The number of hydrogen-bond donors (Lipinski definition) is 1. The SMILES string of the molecule is N#Cc1cncc(C2=CC3CNCCC3CC2)c1. The molecule has 1 saturated heterocycles. The van der Waals surface area contributed by atoms with Gasteiger partial charge in [0.05, 0.1) is 5.56 Å². The second kappa shape index (κ2) is 4.91. The predicted molar refractivity (Wildman–Crippen MR) is 70.6 cm³/mol. The number of piperidine rings is 1. The van der Waals surface area contributed by atoms with E-state index in [0.29, 0.717) is 11.5 Å². The standard InChI is InChI=1S/C15H17N3/c16-7-11-5-14(10-18-8-11)13-2-1-12-3-4-17-9-15(12)6-13/h5-6,8,10,12,15,17H,1-4,9H2. The number of hydrogen-bond acceptors (Lipinski definition) is 3. The Kier molecular flexibility index (Phi) is 3.12. The molecule has 1 N–H and O–H groups in total. The molecule has 0 amide bonds. The maximum atomic E-state index is 8.93. The van der Waals surface area contributed by atoms with Crippen molar-refractivity contribution in [1.29, 1.82) is 5.26 Å². The smallest absolute Gasteiger partial charge is 0.101 e. The van der Waals surface area contributed by atoms with Gasteiger partial charge in [-0.2, -0.15) is 5.26 Å². The van der Waals surface area contributed by atoms with Crippen LogP contribution in [0.5, 0.6) is 0 Å². The predicted octanol–water partition coefficient (Wildman–Crippen LogP) is 2.36. The Morgan fingerprint density at radius 1 is 1.33 bits per heavy atom. The molecule has 92 valence electrons. The fourth-order valence-corrected chi connectivity index (χ4v) is 3.09. The van der Waals surface area contributed by atoms with Crippen LogP contribution in [-0.2, 0) is 0 Å². The number of pyridine rings is 1. The first-order chi connectivity index (χ1) is 8.86. The van der Waals surface area contributed by atoms with E-state index >= 15 is 0 Å². The van der Waals surface area contributed by atoms with Crippen LogP contribution in [0, 0.1) is 23.2 Å². The van der Waals surface area contributed by atoms with E-state index in [1.165, 1.54) is 18.4 Å². The number of fused-ring (bicyclic) bond motifs is 1. The van der Waals surface area contributed by atoms with Crippen molar-refractivity contribution in [3.8, 4) is 6.07 Å². The van der Waals surface area contributed by atoms with Gasteiger partial charge in [0, 0.05) is 18.9 Å². The molecule has 0 saturated carbocycles. The molecule has 0 bridgehead atoms. The van der Waals surface area contributed by atoms with Crippen LogP contribution in [0.1, 0.15) is 30.4 Å². The quantitative estimate of drug-likeness (QED) is 0.818. The monoisotopic (exact) mass is 239 g/mol. The minimum atomic E-state index is 0.650. The molecule has 1 aromatic rings. The van der Waals surface area contributed by atoms with Crippen molar-refractivity contribution < 1.29 is 0 Å². The summed E-state index contributed by atoms with van der Waals surface area (Å²) in [6.07, 6.45) is 9.59. The Morgan fingerprint density at radius 3 is 3.17 bits per heavy atom. The number of nitrogens with one attached hydrogen (secondary N) is 1. The third-order valence-corrected chi connectivity index (χ3v) is 4.12. The molecule has 3 rings (SSSR count). The lowest BCUT2D eigenvalue weighted by atomic mass is 9.76. The van der Waals surface area contributed by atoms with Gasteiger partial charge < -0.3 is 5.32 Å². The van der Waals surface area contributed by atoms with Crippen molar-refractivity contribution in [1.82, 2.24) is 10.3 Å². The van der Waals surface area contributed by atoms with Gasteiger partial charge in [-0.15, -0.1) is 0 Å². The lowest BCUT2D eigenvalue weighted by molar-refractivity contribution is 0.279. The summed E-state index contributed by atoms with van der Waals surface area (Å²) in [5, 5.41) is 12.4. The molecule has 3 nitrogen and oxygen atoms in total. The second-order valence-corrected chi connectivity index (χ2v) is 5.22. The molecule has 1 aliphatic carbocycles. The zero-order valence-corrected chi connectivity index (χ0v) is 10.4. The van der Waals surface area contributed by atoms with Gasteiger partial charge >= 0.3 is 0 Å². The van der Waals surface area contributed by atoms with Gasteiger partial charge in [0.15, 0.2) is 0 Å². The molecule has 0 radical (unpaired) electrons. The van der Waals surface area contributed by atoms with E-state index in [1.54, 1.807) is 6.20 Å². The molecule has 18 heavy (non-hydrogen) atoms. The number of nitrogens with zero attached hydrogens (tertiary/aromatic N) is 2. The van der Waals surface area contributed by atoms with E-state index in [1.807, 2.05) is 12.3 Å². The minimum Gasteiger partial charge on any atom is -0.316 e.